The van der Waals surface area contributed by atoms with Crippen molar-refractivity contribution in [1.29, 1.82) is 0 Å². The molecule has 1 N–H and O–H groups in total. The minimum atomic E-state index is -1.03. The van der Waals surface area contributed by atoms with Gasteiger partial charge in [-0.1, -0.05) is 5.92 Å². The third-order valence-corrected chi connectivity index (χ3v) is 1.51. The van der Waals surface area contributed by atoms with Crippen LogP contribution < -0.4 is 0 Å². The van der Waals surface area contributed by atoms with Crippen LogP contribution in [0.5, 0.6) is 0 Å². The Kier molecular flexibility index (Phi) is 2.11. The van der Waals surface area contributed by atoms with Crippen LogP contribution in [-0.2, 0) is 0 Å². The monoisotopic (exact) mass is 161 g/mol. The predicted molar refractivity (Wildman–Crippen MR) is 43.9 cm³/mol. The number of aryl methyl sites for hydroxylation is 1. The second-order valence-corrected chi connectivity index (χ2v) is 2.27. The van der Waals surface area contributed by atoms with Gasteiger partial charge in [0.25, 0.3) is 0 Å². The summed E-state index contributed by atoms with van der Waals surface area (Å²) in [5.74, 6) is 1.26. The largest absolute Gasteiger partial charge is 0.478 e. The fourth-order valence-corrected chi connectivity index (χ4v) is 0.957. The molecule has 0 aliphatic heterocycles. The Morgan fingerprint density at radius 1 is 1.75 bits per heavy atom. The van der Waals surface area contributed by atoms with E-state index in [9.17, 15) is 4.79 Å². The summed E-state index contributed by atoms with van der Waals surface area (Å²) < 4.78 is 0. The molecule has 0 radical (unpaired) electrons. The van der Waals surface area contributed by atoms with Crippen molar-refractivity contribution in [2.45, 2.75) is 6.92 Å². The number of aromatic carboxylic acids is 1. The fraction of sp³-hybridized carbons (Fsp3) is 0.111. The van der Waals surface area contributed by atoms with E-state index < -0.39 is 5.97 Å². The van der Waals surface area contributed by atoms with Gasteiger partial charge in [0.15, 0.2) is 0 Å². The van der Waals surface area contributed by atoms with Crippen LogP contribution >= 0.6 is 0 Å². The molecule has 1 rings (SSSR count). The normalized spacial score (nSPS) is 9.00. The predicted octanol–water partition coefficient (Wildman–Crippen LogP) is 1.07. The van der Waals surface area contributed by atoms with E-state index in [-0.39, 0.29) is 5.56 Å². The quantitative estimate of drug-likeness (QED) is 0.627. The molecule has 0 saturated carbocycles. The number of carboxylic acid groups (broad SMARTS) is 1. The summed E-state index contributed by atoms with van der Waals surface area (Å²) in [7, 11) is 0. The summed E-state index contributed by atoms with van der Waals surface area (Å²) in [5.41, 5.74) is 0.924. The van der Waals surface area contributed by atoms with Crippen molar-refractivity contribution in [3.8, 4) is 12.3 Å². The van der Waals surface area contributed by atoms with Gasteiger partial charge in [-0.2, -0.15) is 0 Å². The van der Waals surface area contributed by atoms with Gasteiger partial charge in [0.05, 0.1) is 11.3 Å². The first-order chi connectivity index (χ1) is 5.66. The zero-order valence-corrected chi connectivity index (χ0v) is 6.53. The maximum absolute atomic E-state index is 10.7. The Hall–Kier alpha value is -1.82. The Labute approximate surface area is 70.1 Å². The molecule has 3 heteroatoms. The van der Waals surface area contributed by atoms with Gasteiger partial charge in [-0.05, 0) is 13.0 Å². The zero-order valence-electron chi connectivity index (χ0n) is 6.53. The van der Waals surface area contributed by atoms with Gasteiger partial charge in [0.1, 0.15) is 0 Å². The summed E-state index contributed by atoms with van der Waals surface area (Å²) >= 11 is 0. The van der Waals surface area contributed by atoms with Crippen LogP contribution in [0.3, 0.4) is 0 Å². The lowest BCUT2D eigenvalue weighted by Crippen LogP contribution is -2.04. The summed E-state index contributed by atoms with van der Waals surface area (Å²) in [6.07, 6.45) is 6.61. The van der Waals surface area contributed by atoms with Crippen LogP contribution in [-0.4, -0.2) is 16.1 Å². The molecular weight excluding hydrogens is 154 g/mol. The SMILES string of the molecule is C#Cc1ccnc(C)c1C(=O)O. The number of pyridine rings is 1. The summed E-state index contributed by atoms with van der Waals surface area (Å²) in [4.78, 5) is 14.5. The number of nitrogens with zero attached hydrogens (tertiary/aromatic N) is 1. The van der Waals surface area contributed by atoms with Crippen LogP contribution in [0.4, 0.5) is 0 Å². The molecule has 60 valence electrons. The summed E-state index contributed by atoms with van der Waals surface area (Å²) in [5, 5.41) is 8.74. The molecule has 0 aliphatic rings. The Bertz CT molecular complexity index is 363. The van der Waals surface area contributed by atoms with E-state index in [2.05, 4.69) is 10.9 Å². The molecule has 1 heterocycles. The standard InChI is InChI=1S/C9H7NO2/c1-3-7-4-5-10-6(2)8(7)9(11)12/h1,4-5H,2H3,(H,11,12). The molecule has 0 unspecified atom stereocenters. The minimum Gasteiger partial charge on any atom is -0.478 e. The Morgan fingerprint density at radius 2 is 2.42 bits per heavy atom. The molecular formula is C9H7NO2. The highest BCUT2D eigenvalue weighted by Crippen LogP contribution is 2.09. The lowest BCUT2D eigenvalue weighted by molar-refractivity contribution is 0.0695. The molecule has 0 atom stereocenters. The van der Waals surface area contributed by atoms with Gasteiger partial charge in [-0.15, -0.1) is 6.42 Å². The molecule has 0 aromatic carbocycles. The molecule has 1 aromatic rings. The number of terminal acetylenes is 1. The molecule has 3 nitrogen and oxygen atoms in total. The van der Waals surface area contributed by atoms with Crippen LogP contribution in [0.25, 0.3) is 0 Å². The molecule has 0 fully saturated rings. The first kappa shape index (κ1) is 8.28. The van der Waals surface area contributed by atoms with Gasteiger partial charge >= 0.3 is 5.97 Å². The first-order valence-corrected chi connectivity index (χ1v) is 3.32. The molecule has 0 saturated heterocycles. The van der Waals surface area contributed by atoms with Gasteiger partial charge in [0.2, 0.25) is 0 Å². The summed E-state index contributed by atoms with van der Waals surface area (Å²) in [6.45, 7) is 1.62. The molecule has 0 spiro atoms. The molecule has 0 bridgehead atoms. The molecule has 0 amide bonds. The number of rotatable bonds is 1. The van der Waals surface area contributed by atoms with Crippen LogP contribution in [0.15, 0.2) is 12.3 Å². The number of hydrogen-bond donors (Lipinski definition) is 1. The Morgan fingerprint density at radius 3 is 2.83 bits per heavy atom. The number of aromatic nitrogens is 1. The average Bonchev–Trinajstić information content (AvgIpc) is 2.03. The van der Waals surface area contributed by atoms with Crippen molar-refractivity contribution in [3.05, 3.63) is 29.1 Å². The third kappa shape index (κ3) is 1.28. The number of carboxylic acids is 1. The fourth-order valence-electron chi connectivity index (χ4n) is 0.957. The lowest BCUT2D eigenvalue weighted by Gasteiger charge is -2.00. The van der Waals surface area contributed by atoms with E-state index >= 15 is 0 Å². The van der Waals surface area contributed by atoms with E-state index in [0.29, 0.717) is 11.3 Å². The van der Waals surface area contributed by atoms with E-state index in [1.807, 2.05) is 0 Å². The van der Waals surface area contributed by atoms with E-state index in [4.69, 9.17) is 11.5 Å². The Balaban J connectivity index is 3.42. The maximum atomic E-state index is 10.7. The van der Waals surface area contributed by atoms with Crippen molar-refractivity contribution in [2.75, 3.05) is 0 Å². The summed E-state index contributed by atoms with van der Waals surface area (Å²) in [6, 6.07) is 1.51. The second kappa shape index (κ2) is 3.05. The van der Waals surface area contributed by atoms with Crippen molar-refractivity contribution >= 4 is 5.97 Å². The zero-order chi connectivity index (χ0) is 9.14. The highest BCUT2D eigenvalue weighted by atomic mass is 16.4. The third-order valence-electron chi connectivity index (χ3n) is 1.51. The van der Waals surface area contributed by atoms with Crippen molar-refractivity contribution < 1.29 is 9.90 Å². The van der Waals surface area contributed by atoms with Crippen LogP contribution in [0.1, 0.15) is 21.6 Å². The van der Waals surface area contributed by atoms with Gasteiger partial charge in [-0.25, -0.2) is 4.79 Å². The highest BCUT2D eigenvalue weighted by Gasteiger charge is 2.11. The molecule has 12 heavy (non-hydrogen) atoms. The first-order valence-electron chi connectivity index (χ1n) is 3.32. The maximum Gasteiger partial charge on any atom is 0.338 e. The van der Waals surface area contributed by atoms with E-state index in [1.54, 1.807) is 6.92 Å². The van der Waals surface area contributed by atoms with Crippen molar-refractivity contribution in [1.82, 2.24) is 4.98 Å². The number of carbonyl (C=O) groups is 1. The van der Waals surface area contributed by atoms with E-state index in [0.717, 1.165) is 0 Å². The number of hydrogen-bond acceptors (Lipinski definition) is 2. The van der Waals surface area contributed by atoms with Gasteiger partial charge < -0.3 is 5.11 Å². The van der Waals surface area contributed by atoms with Crippen LogP contribution in [0.2, 0.25) is 0 Å². The second-order valence-electron chi connectivity index (χ2n) is 2.27. The van der Waals surface area contributed by atoms with Gasteiger partial charge in [-0.3, -0.25) is 4.98 Å². The minimum absolute atomic E-state index is 0.111. The smallest absolute Gasteiger partial charge is 0.338 e. The lowest BCUT2D eigenvalue weighted by atomic mass is 10.1. The van der Waals surface area contributed by atoms with E-state index in [1.165, 1.54) is 12.3 Å². The molecule has 0 aliphatic carbocycles. The van der Waals surface area contributed by atoms with Crippen molar-refractivity contribution in [2.24, 2.45) is 0 Å². The average molecular weight is 161 g/mol. The van der Waals surface area contributed by atoms with Crippen LogP contribution in [0, 0.1) is 19.3 Å². The van der Waals surface area contributed by atoms with Crippen molar-refractivity contribution in [3.63, 3.8) is 0 Å². The topological polar surface area (TPSA) is 50.2 Å². The van der Waals surface area contributed by atoms with Gasteiger partial charge in [0, 0.05) is 11.8 Å². The molecule has 1 aromatic heterocycles. The highest BCUT2D eigenvalue weighted by molar-refractivity contribution is 5.91.